The van der Waals surface area contributed by atoms with Crippen LogP contribution in [0, 0.1) is 41.5 Å². The SMILES string of the molecule is Cc1ccccc1N1c2cc3c(cc2B2c4cc5c(cc4N(c4ccccc4C)c4cc([Si](c6ccccc6)(c6ccccc6)c6ccccc6)cc1c42)N(c1c(C)cccc1C)c1cc([Si](c2ccccc2)(c2ccccc2)c2ccccc2)cc2c1B5c1ccccc1N2c1ccccc1)B1c2ccccc2Oc2cc([Si](c4ccccc4)(c4ccccc4)c4ccccc4)cc(c21)N3c1c(C)cccc1C. The summed E-state index contributed by atoms with van der Waals surface area (Å²) in [5.74, 6) is 1.72. The van der Waals surface area contributed by atoms with Gasteiger partial charge in [0.25, 0.3) is 20.1 Å². The Morgan fingerprint density at radius 1 is 0.160 bits per heavy atom. The third-order valence-electron chi connectivity index (χ3n) is 32.2. The van der Waals surface area contributed by atoms with Crippen molar-refractivity contribution in [2.75, 3.05) is 24.5 Å². The summed E-state index contributed by atoms with van der Waals surface area (Å²) in [6.07, 6.45) is 0. The van der Waals surface area contributed by atoms with Gasteiger partial charge >= 0.3 is 0 Å². The molecule has 21 aromatic carbocycles. The summed E-state index contributed by atoms with van der Waals surface area (Å²) in [5.41, 5.74) is 34.9. The molecule has 0 amide bonds. The van der Waals surface area contributed by atoms with Gasteiger partial charge in [-0.3, -0.25) is 0 Å². The van der Waals surface area contributed by atoms with E-state index in [9.17, 15) is 0 Å². The highest BCUT2D eigenvalue weighted by Crippen LogP contribution is 2.53. The molecule has 0 N–H and O–H groups in total. The molecule has 0 aromatic heterocycles. The molecule has 0 saturated heterocycles. The fourth-order valence-corrected chi connectivity index (χ4v) is 40.6. The van der Waals surface area contributed by atoms with Crippen LogP contribution in [0.15, 0.2) is 497 Å². The second-order valence-electron chi connectivity index (χ2n) is 39.8. The van der Waals surface area contributed by atoms with Gasteiger partial charge < -0.3 is 29.2 Å². The zero-order valence-corrected chi connectivity index (χ0v) is 84.2. The van der Waals surface area contributed by atoms with E-state index in [4.69, 9.17) is 4.74 Å². The molecule has 0 atom stereocenters. The van der Waals surface area contributed by atoms with Crippen LogP contribution in [0.3, 0.4) is 0 Å². The lowest BCUT2D eigenvalue weighted by Gasteiger charge is -2.49. The summed E-state index contributed by atoms with van der Waals surface area (Å²) >= 11 is 0. The van der Waals surface area contributed by atoms with Crippen LogP contribution in [0.25, 0.3) is 0 Å². The number of para-hydroxylation sites is 7. The fraction of sp³-hybridized carbons (Fsp3) is 0.0455. The molecule has 21 aromatic rings. The Hall–Kier alpha value is -16.7. The molecule has 27 rings (SSSR count). The van der Waals surface area contributed by atoms with E-state index in [-0.39, 0.29) is 13.4 Å². The van der Waals surface area contributed by atoms with Crippen molar-refractivity contribution in [3.05, 3.63) is 531 Å². The number of nitrogens with zero attached hydrogens (tertiary/aromatic N) is 5. The van der Waals surface area contributed by atoms with Crippen molar-refractivity contribution in [2.24, 2.45) is 0 Å². The van der Waals surface area contributed by atoms with Crippen LogP contribution in [-0.2, 0) is 0 Å². The van der Waals surface area contributed by atoms with E-state index in [1.165, 1.54) is 123 Å². The number of fused-ring (bicyclic) bond motifs is 12. The average molecular weight is 1890 g/mol. The van der Waals surface area contributed by atoms with Crippen molar-refractivity contribution in [1.29, 1.82) is 0 Å². The second-order valence-corrected chi connectivity index (χ2v) is 51.2. The minimum atomic E-state index is -3.53. The van der Waals surface area contributed by atoms with Crippen LogP contribution in [0.5, 0.6) is 11.5 Å². The van der Waals surface area contributed by atoms with Gasteiger partial charge in [-0.1, -0.05) is 413 Å². The lowest BCUT2D eigenvalue weighted by Crippen LogP contribution is -2.75. The molecule has 0 spiro atoms. The summed E-state index contributed by atoms with van der Waals surface area (Å²) in [4.78, 5) is 13.6. The molecule has 6 heterocycles. The Morgan fingerprint density at radius 2 is 0.410 bits per heavy atom. The average Bonchev–Trinajstić information content (AvgIpc) is 0.676. The summed E-state index contributed by atoms with van der Waals surface area (Å²) < 4.78 is 7.87. The largest absolute Gasteiger partial charge is 0.458 e. The summed E-state index contributed by atoms with van der Waals surface area (Å²) in [6, 6.07) is 193. The predicted octanol–water partition coefficient (Wildman–Crippen LogP) is 18.2. The highest BCUT2D eigenvalue weighted by Gasteiger charge is 2.56. The van der Waals surface area contributed by atoms with Crippen LogP contribution in [-0.4, -0.2) is 44.4 Å². The van der Waals surface area contributed by atoms with Gasteiger partial charge in [0.1, 0.15) is 11.5 Å². The number of benzene rings is 21. The van der Waals surface area contributed by atoms with E-state index in [1.807, 2.05) is 0 Å². The molecule has 0 saturated carbocycles. The standard InChI is InChI=1S/C132H100B3N5OSi3/c1-89-47-37-41-75-114(89)137-117-87-119-112(133-108-73-39-43-77-116(108)136(95-53-17-7-18-54-95)121-79-105(82-124(128(121)133)139(119)131-91(3)49-45-50-92(131)4)142(96-55-19-8-20-56-96,97-57-21-9-22-58-97)98-59-23-10-24-60-98)85-110(117)135-111-86-113-120(88-118(111)138(115-76-42-38-48-90(115)2)123-81-106(80-122(137)129(123)135)143(99-61-25-11-26-62-99,100-63-27-12-28-64-100)101-65-29-13-30-66-101)140(132-93(5)51-46-52-94(132)6)125-83-107(84-127-130(125)134(113)109-74-40-44-78-126(109)141-127)144(102-67-31-14-32-68-102,103-69-33-15-34-70-103)104-71-35-16-36-72-104/h7-88H,1-6H3. The highest BCUT2D eigenvalue weighted by molar-refractivity contribution is 7.22. The van der Waals surface area contributed by atoms with Gasteiger partial charge in [-0.25, -0.2) is 0 Å². The van der Waals surface area contributed by atoms with Crippen LogP contribution in [0.4, 0.5) is 85.3 Å². The number of rotatable bonds is 17. The molecular formula is C132H100B3N5OSi3. The maximum atomic E-state index is 7.87. The third-order valence-corrected chi connectivity index (χ3v) is 46.4. The Kier molecular flexibility index (Phi) is 20.6. The van der Waals surface area contributed by atoms with E-state index in [0.717, 1.165) is 119 Å². The molecule has 144 heavy (non-hydrogen) atoms. The number of ether oxygens (including phenoxy) is 1. The molecule has 0 aliphatic carbocycles. The van der Waals surface area contributed by atoms with Crippen molar-refractivity contribution in [2.45, 2.75) is 41.5 Å². The predicted molar refractivity (Wildman–Crippen MR) is 620 cm³/mol. The molecule has 6 nitrogen and oxygen atoms in total. The minimum Gasteiger partial charge on any atom is -0.458 e. The highest BCUT2D eigenvalue weighted by atomic mass is 28.3. The topological polar surface area (TPSA) is 25.4 Å². The monoisotopic (exact) mass is 1890 g/mol. The van der Waals surface area contributed by atoms with Crippen molar-refractivity contribution < 1.29 is 4.74 Å². The van der Waals surface area contributed by atoms with E-state index in [0.29, 0.717) is 0 Å². The van der Waals surface area contributed by atoms with Gasteiger partial charge in [-0.05, 0) is 271 Å². The van der Waals surface area contributed by atoms with Crippen LogP contribution in [0.2, 0.25) is 0 Å². The molecule has 12 heteroatoms. The number of aryl methyl sites for hydroxylation is 6. The van der Waals surface area contributed by atoms with Gasteiger partial charge in [0.05, 0.1) is 11.4 Å². The smallest absolute Gasteiger partial charge is 0.256 e. The van der Waals surface area contributed by atoms with Gasteiger partial charge in [0.2, 0.25) is 0 Å². The molecule has 6 aliphatic rings. The Bertz CT molecular complexity index is 8330. The molecule has 0 unspecified atom stereocenters. The summed E-state index contributed by atoms with van der Waals surface area (Å²) in [7, 11) is -10.2. The lowest BCUT2D eigenvalue weighted by molar-refractivity contribution is 0.488. The minimum absolute atomic E-state index is 0.307. The Balaban J connectivity index is 0.824. The van der Waals surface area contributed by atoms with E-state index in [1.54, 1.807) is 0 Å². The second kappa shape index (κ2) is 34.3. The van der Waals surface area contributed by atoms with Crippen molar-refractivity contribution in [3.8, 4) is 11.5 Å². The molecule has 0 radical (unpaired) electrons. The van der Waals surface area contributed by atoms with Crippen LogP contribution >= 0.6 is 0 Å². The Morgan fingerprint density at radius 3 is 0.757 bits per heavy atom. The van der Waals surface area contributed by atoms with Crippen molar-refractivity contribution >= 4 is 241 Å². The number of hydrogen-bond acceptors (Lipinski definition) is 6. The third kappa shape index (κ3) is 12.9. The van der Waals surface area contributed by atoms with Crippen molar-refractivity contribution in [3.63, 3.8) is 0 Å². The van der Waals surface area contributed by atoms with Crippen LogP contribution in [0.1, 0.15) is 33.4 Å². The van der Waals surface area contributed by atoms with E-state index < -0.39 is 30.9 Å². The van der Waals surface area contributed by atoms with Gasteiger partial charge in [-0.15, -0.1) is 0 Å². The normalized spacial score (nSPS) is 13.3. The quantitative estimate of drug-likeness (QED) is 0.0666. The lowest BCUT2D eigenvalue weighted by atomic mass is 9.29. The zero-order valence-electron chi connectivity index (χ0n) is 81.2. The maximum absolute atomic E-state index is 7.87. The zero-order chi connectivity index (χ0) is 96.2. The van der Waals surface area contributed by atoms with Gasteiger partial charge in [-0.2, -0.15) is 0 Å². The summed E-state index contributed by atoms with van der Waals surface area (Å²) in [5, 5.41) is 15.5. The van der Waals surface area contributed by atoms with Gasteiger partial charge in [0.15, 0.2) is 24.2 Å². The Labute approximate surface area is 847 Å². The molecular weight excluding hydrogens is 1790 g/mol. The maximum Gasteiger partial charge on any atom is 0.256 e. The van der Waals surface area contributed by atoms with E-state index >= 15 is 0 Å². The molecule has 6 aliphatic heterocycles. The first kappa shape index (κ1) is 86.4. The molecule has 680 valence electrons. The first-order chi connectivity index (χ1) is 71.0. The van der Waals surface area contributed by atoms with Gasteiger partial charge in [0, 0.05) is 73.9 Å². The van der Waals surface area contributed by atoms with Crippen LogP contribution < -0.4 is 141 Å². The molecule has 0 fully saturated rings. The first-order valence-corrected chi connectivity index (χ1v) is 56.5. The fourth-order valence-electron chi connectivity index (χ4n) is 26.3. The molecule has 0 bridgehead atoms. The van der Waals surface area contributed by atoms with E-state index in [2.05, 4.69) is 563 Å². The van der Waals surface area contributed by atoms with Crippen molar-refractivity contribution in [1.82, 2.24) is 0 Å². The number of anilines is 15. The first-order valence-electron chi connectivity index (χ1n) is 50.5. The summed E-state index contributed by atoms with van der Waals surface area (Å²) in [6.45, 7) is 13.0. The number of hydrogen-bond donors (Lipinski definition) is 0.